The van der Waals surface area contributed by atoms with Gasteiger partial charge in [0.1, 0.15) is 0 Å². The van der Waals surface area contributed by atoms with Crippen molar-refractivity contribution in [1.82, 2.24) is 18.9 Å². The van der Waals surface area contributed by atoms with Gasteiger partial charge in [-0.15, -0.1) is 88.6 Å². The van der Waals surface area contributed by atoms with Gasteiger partial charge in [0.25, 0.3) is 0 Å². The summed E-state index contributed by atoms with van der Waals surface area (Å²) in [5.74, 6) is 0. The minimum absolute atomic E-state index is 0.115. The minimum atomic E-state index is -4.00. The van der Waals surface area contributed by atoms with Crippen LogP contribution in [-0.2, 0) is 0 Å². The molecule has 0 spiro atoms. The summed E-state index contributed by atoms with van der Waals surface area (Å²) in [6, 6.07) is 0.529. The van der Waals surface area contributed by atoms with Gasteiger partial charge in [0.05, 0.1) is 11.3 Å². The highest BCUT2D eigenvalue weighted by molar-refractivity contribution is 8.26. The Kier molecular flexibility index (Phi) is 16.0. The van der Waals surface area contributed by atoms with Crippen molar-refractivity contribution in [2.45, 2.75) is 158 Å². The first-order chi connectivity index (χ1) is 17.4. The first kappa shape index (κ1) is 43.0. The smallest absolute Gasteiger partial charge is 0.281 e. The molecule has 0 bridgehead atoms. The molecule has 0 aromatic rings. The average molecular weight is 795 g/mol. The molecule has 0 atom stereocenters. The Bertz CT molecular complexity index is 743. The van der Waals surface area contributed by atoms with Crippen LogP contribution < -0.4 is 0 Å². The topological polar surface area (TPSA) is 13.0 Å². The van der Waals surface area contributed by atoms with Crippen LogP contribution in [-0.4, -0.2) is 90.7 Å². The lowest BCUT2D eigenvalue weighted by Gasteiger charge is -2.60. The van der Waals surface area contributed by atoms with Gasteiger partial charge in [0.15, 0.2) is 0 Å². The summed E-state index contributed by atoms with van der Waals surface area (Å²) in [7, 11) is 0. The van der Waals surface area contributed by atoms with Crippen LogP contribution in [0.2, 0.25) is 0 Å². The van der Waals surface area contributed by atoms with Gasteiger partial charge in [-0.05, 0) is 83.1 Å². The highest BCUT2D eigenvalue weighted by Crippen LogP contribution is 2.55. The molecule has 4 nitrogen and oxygen atoms in total. The molecule has 40 heavy (non-hydrogen) atoms. The van der Waals surface area contributed by atoms with Gasteiger partial charge in [-0.25, -0.2) is 0 Å². The summed E-state index contributed by atoms with van der Waals surface area (Å²) in [5.41, 5.74) is -9.25. The second kappa shape index (κ2) is 14.8. The van der Waals surface area contributed by atoms with Crippen molar-refractivity contribution in [3.63, 3.8) is 0 Å². The number of nitrogens with zero attached hydrogens (tertiary/aromatic N) is 4. The first-order valence-corrected chi connectivity index (χ1v) is 33.1. The van der Waals surface area contributed by atoms with Crippen molar-refractivity contribution < 1.29 is 0 Å². The third-order valence-electron chi connectivity index (χ3n) is 7.46. The van der Waals surface area contributed by atoms with Gasteiger partial charge in [-0.1, -0.05) is 27.7 Å². The fourth-order valence-electron chi connectivity index (χ4n) is 7.25. The second-order valence-electron chi connectivity index (χ2n) is 13.3. The molecule has 0 saturated carbocycles. The Hall–Kier alpha value is 3.03. The summed E-state index contributed by atoms with van der Waals surface area (Å²) in [5, 5.41) is 0. The molecule has 0 N–H and O–H groups in total. The molecule has 0 aliphatic carbocycles. The lowest BCUT2D eigenvalue weighted by Crippen LogP contribution is -2.85. The van der Waals surface area contributed by atoms with Crippen LogP contribution in [0.3, 0.4) is 0 Å². The molecule has 0 fully saturated rings. The average Bonchev–Trinajstić information content (AvgIpc) is 2.63. The van der Waals surface area contributed by atoms with Gasteiger partial charge < -0.3 is 0 Å². The van der Waals surface area contributed by atoms with E-state index in [1.165, 1.54) is 0 Å². The van der Waals surface area contributed by atoms with Crippen molar-refractivity contribution in [3.05, 3.63) is 0 Å². The zero-order valence-electron chi connectivity index (χ0n) is 27.3. The Balaban J connectivity index is 7.34. The molecule has 16 heteroatoms. The van der Waals surface area contributed by atoms with Crippen LogP contribution in [0.15, 0.2) is 0 Å². The number of halogens is 8. The van der Waals surface area contributed by atoms with Crippen LogP contribution in [0.1, 0.15) is 111 Å². The van der Waals surface area contributed by atoms with Gasteiger partial charge in [-0.3, -0.25) is 18.9 Å². The monoisotopic (exact) mass is 790 g/mol. The largest absolute Gasteiger partial charge is 0.343 e. The quantitative estimate of drug-likeness (QED) is 0.0930. The zero-order valence-corrected chi connectivity index (χ0v) is 37.3. The molecule has 0 heterocycles. The van der Waals surface area contributed by atoms with Gasteiger partial charge in [0, 0.05) is 36.3 Å². The molecular weight excluding hydrogens is 740 g/mol. The molecular formula is C24H54Cl8N4Si4. The molecule has 0 unspecified atom stereocenters. The Morgan fingerprint density at radius 2 is 0.550 bits per heavy atom. The normalized spacial score (nSPS) is 15.8. The summed E-state index contributed by atoms with van der Waals surface area (Å²) < 4.78 is 4.14. The molecule has 0 amide bonds. The van der Waals surface area contributed by atoms with E-state index in [9.17, 15) is 0 Å². The first-order valence-electron chi connectivity index (χ1n) is 14.1. The number of hydrogen-bond acceptors (Lipinski definition) is 4. The number of rotatable bonds is 15. The molecule has 0 radical (unpaired) electrons. The number of hydrogen-bond donors (Lipinski definition) is 0. The Morgan fingerprint density at radius 3 is 0.675 bits per heavy atom. The lowest BCUT2D eigenvalue weighted by atomic mass is 10.1. The van der Waals surface area contributed by atoms with Crippen LogP contribution >= 0.6 is 88.6 Å². The predicted octanol–water partition coefficient (Wildman–Crippen LogP) is 10.0. The van der Waals surface area contributed by atoms with E-state index in [1.807, 2.05) is 27.7 Å². The lowest BCUT2D eigenvalue weighted by molar-refractivity contribution is -0.0404. The van der Waals surface area contributed by atoms with Crippen molar-refractivity contribution in [2.24, 2.45) is 0 Å². The third kappa shape index (κ3) is 8.11. The van der Waals surface area contributed by atoms with E-state index < -0.39 is 35.5 Å². The van der Waals surface area contributed by atoms with Gasteiger partial charge in [0.2, 0.25) is 0 Å². The maximum Gasteiger partial charge on any atom is 0.343 e. The van der Waals surface area contributed by atoms with E-state index in [0.717, 1.165) is 0 Å². The van der Waals surface area contributed by atoms with Gasteiger partial charge >= 0.3 is 24.2 Å². The van der Waals surface area contributed by atoms with Crippen LogP contribution in [0.4, 0.5) is 0 Å². The summed E-state index contributed by atoms with van der Waals surface area (Å²) in [4.78, 5) is 4.70. The molecule has 0 aliphatic heterocycles. The van der Waals surface area contributed by atoms with E-state index in [0.29, 0.717) is 0 Å². The minimum Gasteiger partial charge on any atom is -0.281 e. The van der Waals surface area contributed by atoms with E-state index in [1.54, 1.807) is 0 Å². The van der Waals surface area contributed by atoms with E-state index in [2.05, 4.69) is 102 Å². The molecule has 242 valence electrons. The molecule has 0 saturated heterocycles. The van der Waals surface area contributed by atoms with E-state index >= 15 is 0 Å². The highest BCUT2D eigenvalue weighted by atomic mass is 35.8. The van der Waals surface area contributed by atoms with Gasteiger partial charge in [-0.2, -0.15) is 0 Å². The maximum absolute atomic E-state index is 7.52. The zero-order chi connectivity index (χ0) is 32.8. The SMILES string of the molecule is CC(C)N(C(C)C)C(C)(C)N(C(C)C)[Si](Cl)(Cl)[Si](Cl)(Cl)[Si](Cl)(Cl)[Si](Cl)(Cl)N(C(C)C)C(C)(C)N(C(C)C)C(C)C. The highest BCUT2D eigenvalue weighted by Gasteiger charge is 2.81. The molecule has 0 aromatic carbocycles. The van der Waals surface area contributed by atoms with Crippen LogP contribution in [0, 0.1) is 0 Å². The van der Waals surface area contributed by atoms with Crippen LogP contribution in [0.25, 0.3) is 0 Å². The summed E-state index contributed by atoms with van der Waals surface area (Å²) >= 11 is 60.0. The summed E-state index contributed by atoms with van der Waals surface area (Å²) in [6.07, 6.45) is -7.68. The van der Waals surface area contributed by atoms with Crippen LogP contribution in [0.5, 0.6) is 0 Å². The maximum atomic E-state index is 7.52. The second-order valence-corrected chi connectivity index (χ2v) is 62.2. The van der Waals surface area contributed by atoms with E-state index in [-0.39, 0.29) is 36.3 Å². The fourth-order valence-corrected chi connectivity index (χ4v) is 94.7. The summed E-state index contributed by atoms with van der Waals surface area (Å²) in [6.45, 7) is 33.7. The molecule has 0 aromatic heterocycles. The van der Waals surface area contributed by atoms with Crippen molar-refractivity contribution in [3.8, 4) is 0 Å². The molecule has 0 aliphatic rings. The predicted molar refractivity (Wildman–Crippen MR) is 196 cm³/mol. The van der Waals surface area contributed by atoms with Crippen molar-refractivity contribution >= 4 is 113 Å². The molecule has 0 rings (SSSR count). The Morgan fingerprint density at radius 1 is 0.375 bits per heavy atom. The fraction of sp³-hybridized carbons (Fsp3) is 1.00. The Labute approximate surface area is 287 Å². The third-order valence-corrected chi connectivity index (χ3v) is 91.2. The van der Waals surface area contributed by atoms with E-state index in [4.69, 9.17) is 88.6 Å². The van der Waals surface area contributed by atoms with Crippen molar-refractivity contribution in [1.29, 1.82) is 0 Å². The van der Waals surface area contributed by atoms with Crippen molar-refractivity contribution in [2.75, 3.05) is 0 Å². The standard InChI is InChI=1S/C24H54Cl8N4Si4/c1-17(2)33(18(3)4)23(13,14)35(21(9)10)37(25,26)39(29,30)40(31,32)38(27,28)36(22(11)12)24(15,16)34(19(5)6)20(7)8/h17-22H,1-16H3.